The van der Waals surface area contributed by atoms with Gasteiger partial charge in [-0.3, -0.25) is 0 Å². The maximum Gasteiger partial charge on any atom is 0.410 e. The average Bonchev–Trinajstić information content (AvgIpc) is 2.46. The molecular weight excluding hydrogens is 276 g/mol. The highest BCUT2D eigenvalue weighted by atomic mass is 16.6. The van der Waals surface area contributed by atoms with Gasteiger partial charge in [0.2, 0.25) is 0 Å². The Morgan fingerprint density at radius 3 is 2.59 bits per heavy atom. The van der Waals surface area contributed by atoms with Crippen molar-refractivity contribution in [1.29, 1.82) is 0 Å². The number of ether oxygens (including phenoxy) is 1. The van der Waals surface area contributed by atoms with Gasteiger partial charge >= 0.3 is 6.09 Å². The molecule has 0 bridgehead atoms. The average molecular weight is 304 g/mol. The maximum absolute atomic E-state index is 12.2. The van der Waals surface area contributed by atoms with Crippen molar-refractivity contribution in [3.05, 3.63) is 29.8 Å². The number of aryl methyl sites for hydroxylation is 1. The first-order chi connectivity index (χ1) is 10.4. The van der Waals surface area contributed by atoms with Crippen LogP contribution < -0.4 is 5.32 Å². The fourth-order valence-electron chi connectivity index (χ4n) is 2.66. The van der Waals surface area contributed by atoms with Crippen LogP contribution in [-0.4, -0.2) is 35.7 Å². The first kappa shape index (κ1) is 16.7. The van der Waals surface area contributed by atoms with Gasteiger partial charge in [0.25, 0.3) is 0 Å². The van der Waals surface area contributed by atoms with E-state index in [1.807, 2.05) is 25.7 Å². The summed E-state index contributed by atoms with van der Waals surface area (Å²) in [5.74, 6) is 0. The van der Waals surface area contributed by atoms with Crippen molar-refractivity contribution in [3.63, 3.8) is 0 Å². The number of hydrogen-bond acceptors (Lipinski definition) is 3. The number of anilines is 1. The number of piperidine rings is 1. The molecule has 1 heterocycles. The van der Waals surface area contributed by atoms with Gasteiger partial charge in [-0.05, 0) is 57.7 Å². The predicted octanol–water partition coefficient (Wildman–Crippen LogP) is 4.06. The van der Waals surface area contributed by atoms with Crippen molar-refractivity contribution >= 4 is 11.8 Å². The number of carbonyl (C=O) groups excluding carboxylic acids is 1. The van der Waals surface area contributed by atoms with Crippen LogP contribution in [0.3, 0.4) is 0 Å². The second kappa shape index (κ2) is 7.03. The summed E-state index contributed by atoms with van der Waals surface area (Å²) in [5, 5.41) is 3.53. The number of amides is 1. The fourth-order valence-corrected chi connectivity index (χ4v) is 2.66. The van der Waals surface area contributed by atoms with Gasteiger partial charge in [0, 0.05) is 24.8 Å². The van der Waals surface area contributed by atoms with Crippen LogP contribution in [0, 0.1) is 0 Å². The van der Waals surface area contributed by atoms with Crippen LogP contribution in [0.2, 0.25) is 0 Å². The maximum atomic E-state index is 12.2. The largest absolute Gasteiger partial charge is 0.444 e. The number of nitrogens with zero attached hydrogens (tertiary/aromatic N) is 1. The standard InChI is InChI=1S/C18H28N2O2/c1-5-14-8-10-15(11-9-14)19-16-7-6-12-20(13-16)17(21)22-18(2,3)4/h8-11,16,19H,5-7,12-13H2,1-4H3. The molecule has 1 aromatic carbocycles. The van der Waals surface area contributed by atoms with Crippen molar-refractivity contribution in [2.45, 2.75) is 58.6 Å². The number of likely N-dealkylation sites (tertiary alicyclic amines) is 1. The van der Waals surface area contributed by atoms with Gasteiger partial charge in [-0.2, -0.15) is 0 Å². The van der Waals surface area contributed by atoms with Gasteiger partial charge in [-0.25, -0.2) is 4.79 Å². The molecule has 0 aliphatic carbocycles. The van der Waals surface area contributed by atoms with E-state index in [1.165, 1.54) is 5.56 Å². The Morgan fingerprint density at radius 1 is 1.32 bits per heavy atom. The lowest BCUT2D eigenvalue weighted by Crippen LogP contribution is -2.46. The van der Waals surface area contributed by atoms with E-state index in [0.717, 1.165) is 31.5 Å². The van der Waals surface area contributed by atoms with E-state index in [9.17, 15) is 4.79 Å². The number of rotatable bonds is 3. The van der Waals surface area contributed by atoms with Crippen molar-refractivity contribution in [1.82, 2.24) is 4.90 Å². The monoisotopic (exact) mass is 304 g/mol. The Labute approximate surface area is 133 Å². The van der Waals surface area contributed by atoms with Crippen molar-refractivity contribution in [2.75, 3.05) is 18.4 Å². The molecule has 1 saturated heterocycles. The molecule has 0 spiro atoms. The van der Waals surface area contributed by atoms with Crippen LogP contribution >= 0.6 is 0 Å². The quantitative estimate of drug-likeness (QED) is 0.915. The van der Waals surface area contributed by atoms with E-state index in [-0.39, 0.29) is 12.1 Å². The Kier molecular flexibility index (Phi) is 5.33. The van der Waals surface area contributed by atoms with E-state index in [0.29, 0.717) is 6.54 Å². The highest BCUT2D eigenvalue weighted by Gasteiger charge is 2.27. The number of carbonyl (C=O) groups is 1. The third-order valence-electron chi connectivity index (χ3n) is 3.81. The predicted molar refractivity (Wildman–Crippen MR) is 90.3 cm³/mol. The van der Waals surface area contributed by atoms with Gasteiger partial charge < -0.3 is 15.0 Å². The minimum absolute atomic E-state index is 0.208. The summed E-state index contributed by atoms with van der Waals surface area (Å²) in [6, 6.07) is 8.82. The summed E-state index contributed by atoms with van der Waals surface area (Å²) < 4.78 is 5.47. The minimum Gasteiger partial charge on any atom is -0.444 e. The summed E-state index contributed by atoms with van der Waals surface area (Å²) in [5.41, 5.74) is 2.02. The lowest BCUT2D eigenvalue weighted by atomic mass is 10.1. The Hall–Kier alpha value is -1.71. The third kappa shape index (κ3) is 4.93. The van der Waals surface area contributed by atoms with Crippen molar-refractivity contribution in [2.24, 2.45) is 0 Å². The zero-order valence-electron chi connectivity index (χ0n) is 14.2. The fraction of sp³-hybridized carbons (Fsp3) is 0.611. The zero-order valence-corrected chi connectivity index (χ0v) is 14.2. The smallest absolute Gasteiger partial charge is 0.410 e. The Balaban J connectivity index is 1.91. The number of nitrogens with one attached hydrogen (secondary N) is 1. The molecule has 2 rings (SSSR count). The molecule has 22 heavy (non-hydrogen) atoms. The zero-order chi connectivity index (χ0) is 16.2. The molecule has 1 amide bonds. The molecule has 122 valence electrons. The van der Waals surface area contributed by atoms with Crippen LogP contribution in [0.15, 0.2) is 24.3 Å². The number of benzene rings is 1. The topological polar surface area (TPSA) is 41.6 Å². The SMILES string of the molecule is CCc1ccc(NC2CCCN(C(=O)OC(C)(C)C)C2)cc1. The van der Waals surface area contributed by atoms with Crippen molar-refractivity contribution < 1.29 is 9.53 Å². The molecule has 0 aromatic heterocycles. The van der Waals surface area contributed by atoms with E-state index >= 15 is 0 Å². The lowest BCUT2D eigenvalue weighted by molar-refractivity contribution is 0.0206. The molecule has 1 aliphatic heterocycles. The van der Waals surface area contributed by atoms with E-state index < -0.39 is 5.60 Å². The molecule has 1 fully saturated rings. The van der Waals surface area contributed by atoms with Gasteiger partial charge in [0.15, 0.2) is 0 Å². The highest BCUT2D eigenvalue weighted by Crippen LogP contribution is 2.19. The van der Waals surface area contributed by atoms with Gasteiger partial charge in [-0.1, -0.05) is 19.1 Å². The summed E-state index contributed by atoms with van der Waals surface area (Å²) >= 11 is 0. The molecule has 1 N–H and O–H groups in total. The first-order valence-electron chi connectivity index (χ1n) is 8.21. The number of hydrogen-bond donors (Lipinski definition) is 1. The molecule has 0 radical (unpaired) electrons. The van der Waals surface area contributed by atoms with Gasteiger partial charge in [0.1, 0.15) is 5.60 Å². The summed E-state index contributed by atoms with van der Waals surface area (Å²) in [4.78, 5) is 14.0. The van der Waals surface area contributed by atoms with E-state index in [2.05, 4.69) is 36.5 Å². The molecule has 1 aromatic rings. The molecule has 1 aliphatic rings. The molecule has 4 nitrogen and oxygen atoms in total. The summed E-state index contributed by atoms with van der Waals surface area (Å²) in [6.07, 6.45) is 2.93. The van der Waals surface area contributed by atoms with E-state index in [1.54, 1.807) is 0 Å². The molecule has 1 atom stereocenters. The second-order valence-electron chi connectivity index (χ2n) is 6.96. The third-order valence-corrected chi connectivity index (χ3v) is 3.81. The van der Waals surface area contributed by atoms with E-state index in [4.69, 9.17) is 4.74 Å². The molecule has 1 unspecified atom stereocenters. The van der Waals surface area contributed by atoms with Crippen LogP contribution in [0.5, 0.6) is 0 Å². The summed E-state index contributed by atoms with van der Waals surface area (Å²) in [6.45, 7) is 9.34. The van der Waals surface area contributed by atoms with Crippen molar-refractivity contribution in [3.8, 4) is 0 Å². The normalized spacial score (nSPS) is 18.9. The minimum atomic E-state index is -0.437. The Bertz CT molecular complexity index is 491. The Morgan fingerprint density at radius 2 is 2.00 bits per heavy atom. The highest BCUT2D eigenvalue weighted by molar-refractivity contribution is 5.68. The van der Waals surface area contributed by atoms with Gasteiger partial charge in [0.05, 0.1) is 0 Å². The van der Waals surface area contributed by atoms with Crippen LogP contribution in [0.1, 0.15) is 46.1 Å². The second-order valence-corrected chi connectivity index (χ2v) is 6.96. The van der Waals surface area contributed by atoms with Gasteiger partial charge in [-0.15, -0.1) is 0 Å². The summed E-state index contributed by atoms with van der Waals surface area (Å²) in [7, 11) is 0. The van der Waals surface area contributed by atoms with Crippen LogP contribution in [-0.2, 0) is 11.2 Å². The van der Waals surface area contributed by atoms with Crippen LogP contribution in [0.4, 0.5) is 10.5 Å². The molecular formula is C18H28N2O2. The molecule has 0 saturated carbocycles. The molecule has 4 heteroatoms. The lowest BCUT2D eigenvalue weighted by Gasteiger charge is -2.34. The van der Waals surface area contributed by atoms with Crippen LogP contribution in [0.25, 0.3) is 0 Å². The first-order valence-corrected chi connectivity index (χ1v) is 8.21.